The van der Waals surface area contributed by atoms with Crippen molar-refractivity contribution in [2.24, 2.45) is 0 Å². The summed E-state index contributed by atoms with van der Waals surface area (Å²) in [7, 11) is 0. The van der Waals surface area contributed by atoms with Crippen LogP contribution in [0.15, 0.2) is 18.2 Å². The molecule has 1 aromatic carbocycles. The van der Waals surface area contributed by atoms with Crippen LogP contribution in [-0.4, -0.2) is 11.0 Å². The van der Waals surface area contributed by atoms with Crippen LogP contribution in [0.25, 0.3) is 0 Å². The van der Waals surface area contributed by atoms with E-state index in [1.807, 2.05) is 0 Å². The lowest BCUT2D eigenvalue weighted by molar-refractivity contribution is -0.384. The summed E-state index contributed by atoms with van der Waals surface area (Å²) >= 11 is 6.01. The fourth-order valence-electron chi connectivity index (χ4n) is 2.24. The Kier molecular flexibility index (Phi) is 4.42. The van der Waals surface area contributed by atoms with Crippen molar-refractivity contribution in [3.05, 3.63) is 33.3 Å². The summed E-state index contributed by atoms with van der Waals surface area (Å²) in [5.74, 6) is 0.428. The highest BCUT2D eigenvalue weighted by molar-refractivity contribution is 6.32. The Balaban J connectivity index is 2.11. The first-order valence-electron chi connectivity index (χ1n) is 6.27. The van der Waals surface area contributed by atoms with E-state index in [2.05, 4.69) is 0 Å². The second-order valence-electron chi connectivity index (χ2n) is 4.60. The molecule has 1 fully saturated rings. The van der Waals surface area contributed by atoms with Crippen molar-refractivity contribution < 1.29 is 9.66 Å². The molecule has 18 heavy (non-hydrogen) atoms. The van der Waals surface area contributed by atoms with Crippen LogP contribution in [0.2, 0.25) is 5.02 Å². The molecule has 0 spiro atoms. The lowest BCUT2D eigenvalue weighted by Gasteiger charge is -2.17. The zero-order valence-electron chi connectivity index (χ0n) is 10.1. The monoisotopic (exact) mass is 269 g/mol. The number of non-ortho nitro benzene ring substituents is 1. The molecule has 1 aliphatic rings. The molecule has 0 unspecified atom stereocenters. The third-order valence-electron chi connectivity index (χ3n) is 3.22. The van der Waals surface area contributed by atoms with Gasteiger partial charge in [-0.05, 0) is 31.7 Å². The molecule has 0 heterocycles. The Morgan fingerprint density at radius 1 is 1.22 bits per heavy atom. The Morgan fingerprint density at radius 2 is 1.89 bits per heavy atom. The number of rotatable bonds is 3. The predicted octanol–water partition coefficient (Wildman–Crippen LogP) is 4.35. The van der Waals surface area contributed by atoms with Crippen molar-refractivity contribution in [2.45, 2.75) is 44.6 Å². The molecule has 1 aliphatic carbocycles. The summed E-state index contributed by atoms with van der Waals surface area (Å²) in [4.78, 5) is 10.3. The molecular weight excluding hydrogens is 254 g/mol. The fourth-order valence-corrected chi connectivity index (χ4v) is 2.40. The van der Waals surface area contributed by atoms with Gasteiger partial charge in [-0.2, -0.15) is 0 Å². The van der Waals surface area contributed by atoms with Crippen molar-refractivity contribution in [2.75, 3.05) is 0 Å². The molecule has 0 aliphatic heterocycles. The Hall–Kier alpha value is -1.29. The number of halogens is 1. The Bertz CT molecular complexity index is 428. The molecule has 0 bridgehead atoms. The van der Waals surface area contributed by atoms with Crippen molar-refractivity contribution in [1.29, 1.82) is 0 Å². The van der Waals surface area contributed by atoms with Crippen LogP contribution < -0.4 is 4.74 Å². The summed E-state index contributed by atoms with van der Waals surface area (Å²) in [5.41, 5.74) is 0.0167. The van der Waals surface area contributed by atoms with Gasteiger partial charge in [0.25, 0.3) is 5.69 Å². The van der Waals surface area contributed by atoms with E-state index in [9.17, 15) is 10.1 Å². The van der Waals surface area contributed by atoms with E-state index < -0.39 is 4.92 Å². The summed E-state index contributed by atoms with van der Waals surface area (Å²) in [6, 6.07) is 4.32. The van der Waals surface area contributed by atoms with Gasteiger partial charge in [-0.1, -0.05) is 24.4 Å². The van der Waals surface area contributed by atoms with Crippen LogP contribution in [0.3, 0.4) is 0 Å². The molecule has 0 atom stereocenters. The first-order chi connectivity index (χ1) is 8.66. The van der Waals surface area contributed by atoms with Crippen molar-refractivity contribution >= 4 is 17.3 Å². The molecule has 5 heteroatoms. The van der Waals surface area contributed by atoms with Crippen LogP contribution in [0.1, 0.15) is 38.5 Å². The van der Waals surface area contributed by atoms with E-state index in [1.165, 1.54) is 31.0 Å². The van der Waals surface area contributed by atoms with Gasteiger partial charge >= 0.3 is 0 Å². The van der Waals surface area contributed by atoms with Crippen LogP contribution in [0.4, 0.5) is 5.69 Å². The molecule has 1 aromatic rings. The molecule has 0 radical (unpaired) electrons. The van der Waals surface area contributed by atoms with Crippen LogP contribution in [-0.2, 0) is 0 Å². The summed E-state index contributed by atoms with van der Waals surface area (Å²) in [5, 5.41) is 11.2. The van der Waals surface area contributed by atoms with Crippen LogP contribution in [0, 0.1) is 10.1 Å². The van der Waals surface area contributed by atoms with Crippen molar-refractivity contribution in [1.82, 2.24) is 0 Å². The highest BCUT2D eigenvalue weighted by Gasteiger charge is 2.17. The van der Waals surface area contributed by atoms with Crippen LogP contribution >= 0.6 is 11.6 Å². The van der Waals surface area contributed by atoms with Crippen molar-refractivity contribution in [3.63, 3.8) is 0 Å². The van der Waals surface area contributed by atoms with Gasteiger partial charge in [0.05, 0.1) is 22.1 Å². The molecular formula is C13H16ClNO3. The highest BCUT2D eigenvalue weighted by atomic mass is 35.5. The quantitative estimate of drug-likeness (QED) is 0.466. The molecule has 2 rings (SSSR count). The van der Waals surface area contributed by atoms with Gasteiger partial charge in [-0.25, -0.2) is 0 Å². The van der Waals surface area contributed by atoms with E-state index in [4.69, 9.17) is 16.3 Å². The molecule has 0 amide bonds. The first kappa shape index (κ1) is 13.1. The number of ether oxygens (including phenoxy) is 1. The van der Waals surface area contributed by atoms with E-state index in [-0.39, 0.29) is 11.8 Å². The molecule has 0 saturated heterocycles. The molecule has 4 nitrogen and oxygen atoms in total. The molecule has 0 N–H and O–H groups in total. The number of nitro benzene ring substituents is 1. The van der Waals surface area contributed by atoms with E-state index in [0.717, 1.165) is 25.7 Å². The number of hydrogen-bond donors (Lipinski definition) is 0. The summed E-state index contributed by atoms with van der Waals surface area (Å²) in [6.07, 6.45) is 6.91. The fraction of sp³-hybridized carbons (Fsp3) is 0.538. The van der Waals surface area contributed by atoms with Crippen LogP contribution in [0.5, 0.6) is 5.75 Å². The Labute approximate surface area is 111 Å². The topological polar surface area (TPSA) is 52.4 Å². The lowest BCUT2D eigenvalue weighted by atomic mass is 10.1. The second kappa shape index (κ2) is 6.05. The van der Waals surface area contributed by atoms with Gasteiger partial charge < -0.3 is 4.74 Å². The van der Waals surface area contributed by atoms with Crippen molar-refractivity contribution in [3.8, 4) is 5.75 Å². The average molecular weight is 270 g/mol. The molecule has 0 aromatic heterocycles. The van der Waals surface area contributed by atoms with Gasteiger partial charge in [0.15, 0.2) is 0 Å². The molecule has 1 saturated carbocycles. The highest BCUT2D eigenvalue weighted by Crippen LogP contribution is 2.31. The zero-order chi connectivity index (χ0) is 13.0. The maximum Gasteiger partial charge on any atom is 0.273 e. The maximum atomic E-state index is 10.7. The molecule has 98 valence electrons. The summed E-state index contributed by atoms with van der Waals surface area (Å²) < 4.78 is 5.82. The number of benzene rings is 1. The minimum absolute atomic E-state index is 0.0167. The zero-order valence-corrected chi connectivity index (χ0v) is 10.9. The number of hydrogen-bond acceptors (Lipinski definition) is 3. The number of nitro groups is 1. The first-order valence-corrected chi connectivity index (χ1v) is 6.65. The van der Waals surface area contributed by atoms with Gasteiger partial charge in [0, 0.05) is 6.07 Å². The van der Waals surface area contributed by atoms with Gasteiger partial charge in [0.1, 0.15) is 5.75 Å². The minimum atomic E-state index is -0.434. The minimum Gasteiger partial charge on any atom is -0.489 e. The maximum absolute atomic E-state index is 10.7. The third-order valence-corrected chi connectivity index (χ3v) is 3.53. The standard InChI is InChI=1S/C13H16ClNO3/c14-12-8-7-10(15(16)17)9-13(12)18-11-5-3-1-2-4-6-11/h7-9,11H,1-6H2. The second-order valence-corrected chi connectivity index (χ2v) is 5.01. The van der Waals surface area contributed by atoms with Gasteiger partial charge in [-0.15, -0.1) is 0 Å². The lowest BCUT2D eigenvalue weighted by Crippen LogP contribution is -2.15. The predicted molar refractivity (Wildman–Crippen MR) is 70.2 cm³/mol. The smallest absolute Gasteiger partial charge is 0.273 e. The van der Waals surface area contributed by atoms with E-state index in [1.54, 1.807) is 0 Å². The SMILES string of the molecule is O=[N+]([O-])c1ccc(Cl)c(OC2CCCCCC2)c1. The largest absolute Gasteiger partial charge is 0.489 e. The third kappa shape index (κ3) is 3.35. The normalized spacial score (nSPS) is 17.2. The Morgan fingerprint density at radius 3 is 2.50 bits per heavy atom. The van der Waals surface area contributed by atoms with Gasteiger partial charge in [0.2, 0.25) is 0 Å². The van der Waals surface area contributed by atoms with Gasteiger partial charge in [-0.3, -0.25) is 10.1 Å². The van der Waals surface area contributed by atoms with E-state index in [0.29, 0.717) is 10.8 Å². The summed E-state index contributed by atoms with van der Waals surface area (Å²) in [6.45, 7) is 0. The van der Waals surface area contributed by atoms with E-state index >= 15 is 0 Å². The number of nitrogens with zero attached hydrogens (tertiary/aromatic N) is 1. The average Bonchev–Trinajstić information content (AvgIpc) is 2.60.